The van der Waals surface area contributed by atoms with Gasteiger partial charge < -0.3 is 14.6 Å². The summed E-state index contributed by atoms with van der Waals surface area (Å²) in [6.45, 7) is 1.02. The van der Waals surface area contributed by atoms with E-state index in [0.29, 0.717) is 26.1 Å². The Morgan fingerprint density at radius 1 is 0.900 bits per heavy atom. The Kier molecular flexibility index (Phi) is 3.27. The average molecular weight is 288 g/mol. The molecule has 1 spiro atoms. The number of ether oxygens (including phenoxy) is 2. The highest BCUT2D eigenvalue weighted by Gasteiger charge is 2.46. The fraction of sp³-hybridized carbons (Fsp3) is 0.571. The van der Waals surface area contributed by atoms with Crippen LogP contribution in [0, 0.1) is 17.5 Å². The maximum absolute atomic E-state index is 13.3. The van der Waals surface area contributed by atoms with E-state index in [2.05, 4.69) is 0 Å². The zero-order valence-electron chi connectivity index (χ0n) is 10.8. The standard InChI is InChI=1S/C14H15F3O3/c15-10-7-9(8-11(16)12(10)17)13(18)1-3-14(4-2-13)19-5-6-20-14/h7-8,18H,1-6H2. The number of aliphatic hydroxyl groups is 1. The number of hydrogen-bond donors (Lipinski definition) is 1. The molecule has 0 amide bonds. The van der Waals surface area contributed by atoms with Crippen LogP contribution >= 0.6 is 0 Å². The van der Waals surface area contributed by atoms with Crippen molar-refractivity contribution in [1.82, 2.24) is 0 Å². The lowest BCUT2D eigenvalue weighted by molar-refractivity contribution is -0.204. The van der Waals surface area contributed by atoms with Crippen LogP contribution in [-0.2, 0) is 15.1 Å². The van der Waals surface area contributed by atoms with Gasteiger partial charge in [-0.3, -0.25) is 0 Å². The van der Waals surface area contributed by atoms with Crippen molar-refractivity contribution in [2.24, 2.45) is 0 Å². The second-order valence-electron chi connectivity index (χ2n) is 5.39. The lowest BCUT2D eigenvalue weighted by Gasteiger charge is -2.40. The number of hydrogen-bond acceptors (Lipinski definition) is 3. The molecule has 1 heterocycles. The van der Waals surface area contributed by atoms with Crippen molar-refractivity contribution in [3.05, 3.63) is 35.1 Å². The Bertz CT molecular complexity index is 493. The Balaban J connectivity index is 1.83. The molecule has 20 heavy (non-hydrogen) atoms. The minimum Gasteiger partial charge on any atom is -0.385 e. The van der Waals surface area contributed by atoms with Crippen LogP contribution in [0.25, 0.3) is 0 Å². The first-order chi connectivity index (χ1) is 9.44. The number of rotatable bonds is 1. The summed E-state index contributed by atoms with van der Waals surface area (Å²) in [6.07, 6.45) is 1.36. The Morgan fingerprint density at radius 3 is 1.90 bits per heavy atom. The molecule has 0 unspecified atom stereocenters. The predicted octanol–water partition coefficient (Wildman–Crippen LogP) is 2.61. The lowest BCUT2D eigenvalue weighted by Crippen LogP contribution is -2.42. The fourth-order valence-corrected chi connectivity index (χ4v) is 2.94. The van der Waals surface area contributed by atoms with Gasteiger partial charge in [0.15, 0.2) is 23.2 Å². The van der Waals surface area contributed by atoms with Gasteiger partial charge in [-0.05, 0) is 30.5 Å². The van der Waals surface area contributed by atoms with Gasteiger partial charge in [0.2, 0.25) is 0 Å². The van der Waals surface area contributed by atoms with E-state index in [0.717, 1.165) is 12.1 Å². The molecule has 0 bridgehead atoms. The van der Waals surface area contributed by atoms with Crippen molar-refractivity contribution in [2.75, 3.05) is 13.2 Å². The molecule has 3 nitrogen and oxygen atoms in total. The molecular weight excluding hydrogens is 273 g/mol. The first-order valence-corrected chi connectivity index (χ1v) is 6.60. The summed E-state index contributed by atoms with van der Waals surface area (Å²) >= 11 is 0. The summed E-state index contributed by atoms with van der Waals surface area (Å²) in [7, 11) is 0. The Labute approximate surface area is 114 Å². The minimum atomic E-state index is -1.52. The van der Waals surface area contributed by atoms with E-state index in [9.17, 15) is 18.3 Å². The Morgan fingerprint density at radius 2 is 1.40 bits per heavy atom. The third-order valence-corrected chi connectivity index (χ3v) is 4.17. The Hall–Kier alpha value is -1.11. The lowest BCUT2D eigenvalue weighted by atomic mass is 9.77. The molecule has 1 N–H and O–H groups in total. The molecule has 1 aliphatic carbocycles. The number of halogens is 3. The van der Waals surface area contributed by atoms with Crippen molar-refractivity contribution in [3.8, 4) is 0 Å². The highest BCUT2D eigenvalue weighted by atomic mass is 19.2. The van der Waals surface area contributed by atoms with Gasteiger partial charge in [0.05, 0.1) is 18.8 Å². The largest absolute Gasteiger partial charge is 0.385 e. The van der Waals surface area contributed by atoms with Crippen LogP contribution in [0.2, 0.25) is 0 Å². The third-order valence-electron chi connectivity index (χ3n) is 4.17. The normalized spacial score (nSPS) is 24.2. The van der Waals surface area contributed by atoms with Crippen LogP contribution in [0.5, 0.6) is 0 Å². The molecule has 3 rings (SSSR count). The van der Waals surface area contributed by atoms with E-state index < -0.39 is 28.8 Å². The summed E-state index contributed by atoms with van der Waals surface area (Å²) in [5.41, 5.74) is -1.32. The van der Waals surface area contributed by atoms with Gasteiger partial charge in [-0.2, -0.15) is 0 Å². The summed E-state index contributed by atoms with van der Waals surface area (Å²) in [5, 5.41) is 10.6. The maximum Gasteiger partial charge on any atom is 0.194 e. The smallest absolute Gasteiger partial charge is 0.194 e. The maximum atomic E-state index is 13.3. The molecule has 110 valence electrons. The third kappa shape index (κ3) is 2.21. The van der Waals surface area contributed by atoms with Crippen LogP contribution in [0.4, 0.5) is 13.2 Å². The molecule has 1 saturated carbocycles. The van der Waals surface area contributed by atoms with E-state index in [1.807, 2.05) is 0 Å². The highest BCUT2D eigenvalue weighted by molar-refractivity contribution is 5.26. The van der Waals surface area contributed by atoms with E-state index >= 15 is 0 Å². The second kappa shape index (κ2) is 4.72. The van der Waals surface area contributed by atoms with Gasteiger partial charge in [0.25, 0.3) is 0 Å². The highest BCUT2D eigenvalue weighted by Crippen LogP contribution is 2.45. The molecule has 1 aliphatic heterocycles. The summed E-state index contributed by atoms with van der Waals surface area (Å²) in [6, 6.07) is 1.71. The summed E-state index contributed by atoms with van der Waals surface area (Å²) in [4.78, 5) is 0. The van der Waals surface area contributed by atoms with Crippen molar-refractivity contribution < 1.29 is 27.8 Å². The molecule has 2 aliphatic rings. The molecule has 0 radical (unpaired) electrons. The average Bonchev–Trinajstić information content (AvgIpc) is 2.88. The van der Waals surface area contributed by atoms with Gasteiger partial charge in [0.1, 0.15) is 0 Å². The molecule has 2 fully saturated rings. The van der Waals surface area contributed by atoms with Gasteiger partial charge in [-0.15, -0.1) is 0 Å². The molecule has 6 heteroatoms. The van der Waals surface area contributed by atoms with Gasteiger partial charge >= 0.3 is 0 Å². The van der Waals surface area contributed by atoms with Crippen molar-refractivity contribution in [1.29, 1.82) is 0 Å². The minimum absolute atomic E-state index is 0.0572. The second-order valence-corrected chi connectivity index (χ2v) is 5.39. The molecule has 1 aromatic carbocycles. The topological polar surface area (TPSA) is 38.7 Å². The predicted molar refractivity (Wildman–Crippen MR) is 63.3 cm³/mol. The molecule has 0 aromatic heterocycles. The van der Waals surface area contributed by atoms with Crippen molar-refractivity contribution in [3.63, 3.8) is 0 Å². The number of benzene rings is 1. The van der Waals surface area contributed by atoms with Crippen LogP contribution in [0.3, 0.4) is 0 Å². The first kappa shape index (κ1) is 13.9. The molecule has 1 saturated heterocycles. The van der Waals surface area contributed by atoms with E-state index in [1.54, 1.807) is 0 Å². The SMILES string of the molecule is OC1(c2cc(F)c(F)c(F)c2)CCC2(CC1)OCCO2. The van der Waals surface area contributed by atoms with Crippen LogP contribution in [-0.4, -0.2) is 24.1 Å². The van der Waals surface area contributed by atoms with Gasteiger partial charge in [0, 0.05) is 12.8 Å². The van der Waals surface area contributed by atoms with Crippen LogP contribution in [0.15, 0.2) is 12.1 Å². The zero-order valence-corrected chi connectivity index (χ0v) is 10.8. The van der Waals surface area contributed by atoms with Crippen molar-refractivity contribution >= 4 is 0 Å². The fourth-order valence-electron chi connectivity index (χ4n) is 2.94. The van der Waals surface area contributed by atoms with Gasteiger partial charge in [-0.25, -0.2) is 13.2 Å². The van der Waals surface area contributed by atoms with Gasteiger partial charge in [-0.1, -0.05) is 0 Å². The molecular formula is C14H15F3O3. The monoisotopic (exact) mass is 288 g/mol. The van der Waals surface area contributed by atoms with Crippen LogP contribution < -0.4 is 0 Å². The van der Waals surface area contributed by atoms with E-state index in [-0.39, 0.29) is 18.4 Å². The molecule has 1 aromatic rings. The summed E-state index contributed by atoms with van der Waals surface area (Å²) < 4.78 is 50.6. The molecule has 0 atom stereocenters. The van der Waals surface area contributed by atoms with Crippen molar-refractivity contribution in [2.45, 2.75) is 37.1 Å². The zero-order chi connectivity index (χ0) is 14.4. The first-order valence-electron chi connectivity index (χ1n) is 6.60. The van der Waals surface area contributed by atoms with E-state index in [1.165, 1.54) is 0 Å². The van der Waals surface area contributed by atoms with Crippen LogP contribution in [0.1, 0.15) is 31.2 Å². The quantitative estimate of drug-likeness (QED) is 0.807. The van der Waals surface area contributed by atoms with E-state index in [4.69, 9.17) is 9.47 Å². The summed E-state index contributed by atoms with van der Waals surface area (Å²) in [5.74, 6) is -4.78.